The first-order chi connectivity index (χ1) is 13.3. The molecule has 1 aromatic carbocycles. The summed E-state index contributed by atoms with van der Waals surface area (Å²) in [5, 5.41) is 0. The van der Waals surface area contributed by atoms with Crippen LogP contribution in [0.2, 0.25) is 0 Å². The molecule has 1 heterocycles. The molecule has 1 aromatic rings. The molecular formula is C21H24O7S. The van der Waals surface area contributed by atoms with Crippen LogP contribution in [-0.4, -0.2) is 14.7 Å². The summed E-state index contributed by atoms with van der Waals surface area (Å²) >= 11 is 0. The van der Waals surface area contributed by atoms with Gasteiger partial charge in [-0.3, -0.25) is 9.59 Å². The van der Waals surface area contributed by atoms with Crippen LogP contribution in [0.4, 0.5) is 0 Å². The fourth-order valence-corrected chi connectivity index (χ4v) is 3.88. The summed E-state index contributed by atoms with van der Waals surface area (Å²) in [6, 6.07) is 1.60. The highest BCUT2D eigenvalue weighted by molar-refractivity contribution is 7.86. The van der Waals surface area contributed by atoms with Gasteiger partial charge in [0.1, 0.15) is 5.75 Å². The average molecular weight is 420 g/mol. The molecule has 8 heteroatoms. The van der Waals surface area contributed by atoms with Gasteiger partial charge in [-0.1, -0.05) is 27.7 Å². The molecule has 0 spiro atoms. The molecule has 0 bridgehead atoms. The summed E-state index contributed by atoms with van der Waals surface area (Å²) in [6.07, 6.45) is 0.966. The van der Waals surface area contributed by atoms with Crippen molar-refractivity contribution in [1.82, 2.24) is 0 Å². The van der Waals surface area contributed by atoms with E-state index in [9.17, 15) is 18.0 Å². The lowest BCUT2D eigenvalue weighted by atomic mass is 9.95. The quantitative estimate of drug-likeness (QED) is 0.356. The molecule has 0 radical (unpaired) electrons. The first-order valence-electron chi connectivity index (χ1n) is 9.30. The first kappa shape index (κ1) is 21.1. The minimum Gasteiger partial charge on any atom is -0.449 e. The van der Waals surface area contributed by atoms with E-state index in [1.54, 1.807) is 26.8 Å². The van der Waals surface area contributed by atoms with Gasteiger partial charge in [0.15, 0.2) is 22.7 Å². The Labute approximate surface area is 168 Å². The van der Waals surface area contributed by atoms with Crippen LogP contribution in [0.25, 0.3) is 22.7 Å². The number of benzene rings is 2. The highest BCUT2D eigenvalue weighted by Crippen LogP contribution is 2.40. The Hall–Kier alpha value is -2.61. The lowest BCUT2D eigenvalue weighted by molar-refractivity contribution is 0.482. The van der Waals surface area contributed by atoms with E-state index < -0.39 is 21.0 Å². The van der Waals surface area contributed by atoms with E-state index in [1.807, 2.05) is 13.8 Å². The van der Waals surface area contributed by atoms with Crippen molar-refractivity contribution in [2.24, 2.45) is 0 Å². The number of hydrogen-bond acceptors (Lipinski definition) is 7. The number of fused-ring (bicyclic) bond motifs is 2. The van der Waals surface area contributed by atoms with E-state index in [2.05, 4.69) is 0 Å². The topological polar surface area (TPSA) is 104 Å². The van der Waals surface area contributed by atoms with Gasteiger partial charge in [-0.15, -0.1) is 0 Å². The van der Waals surface area contributed by atoms with Crippen LogP contribution in [0.15, 0.2) is 24.5 Å². The molecule has 0 N–H and O–H groups in total. The van der Waals surface area contributed by atoms with Crippen molar-refractivity contribution in [3.8, 4) is 17.3 Å². The third-order valence-electron chi connectivity index (χ3n) is 4.90. The van der Waals surface area contributed by atoms with Gasteiger partial charge in [0.2, 0.25) is 10.9 Å². The second kappa shape index (κ2) is 7.02. The second-order valence-electron chi connectivity index (χ2n) is 7.90. The molecule has 0 unspecified atom stereocenters. The first-order valence-corrected chi connectivity index (χ1v) is 11.1. The minimum absolute atomic E-state index is 0.0493. The lowest BCUT2D eigenvalue weighted by Gasteiger charge is -2.19. The lowest BCUT2D eigenvalue weighted by Crippen LogP contribution is -2.31. The SMILES string of the molecule is Cc1c2oc3c(C(C)C)cc(OS(C)(=O)=O)c(C)c3oc-2c(C(C)C)c(=O)c1=O. The molecule has 2 aliphatic rings. The molecule has 1 aliphatic heterocycles. The predicted molar refractivity (Wildman–Crippen MR) is 111 cm³/mol. The van der Waals surface area contributed by atoms with E-state index in [-0.39, 0.29) is 45.8 Å². The number of aryl methyl sites for hydroxylation is 1. The van der Waals surface area contributed by atoms with E-state index in [4.69, 9.17) is 13.0 Å². The Morgan fingerprint density at radius 3 is 1.97 bits per heavy atom. The zero-order chi connectivity index (χ0) is 21.8. The van der Waals surface area contributed by atoms with Gasteiger partial charge >= 0.3 is 10.1 Å². The summed E-state index contributed by atoms with van der Waals surface area (Å²) < 4.78 is 40.8. The molecular weight excluding hydrogens is 396 g/mol. The van der Waals surface area contributed by atoms with E-state index in [1.165, 1.54) is 6.92 Å². The monoisotopic (exact) mass is 420 g/mol. The summed E-state index contributed by atoms with van der Waals surface area (Å²) in [5.74, 6) is 0.238. The van der Waals surface area contributed by atoms with Gasteiger partial charge in [0, 0.05) is 16.7 Å². The number of rotatable bonds is 4. The standard InChI is InChI=1S/C21H24O7S/c1-9(2)13-8-14(28-29(7,24)25)11(5)18-20(13)26-19-12(6)16(22)17(23)15(10(3)4)21(19)27-18/h8-10H,1-7H3. The normalized spacial score (nSPS) is 12.4. The molecule has 1 aliphatic carbocycles. The largest absolute Gasteiger partial charge is 0.449 e. The zero-order valence-electron chi connectivity index (χ0n) is 17.5. The summed E-state index contributed by atoms with van der Waals surface area (Å²) in [7, 11) is -3.76. The Kier molecular flexibility index (Phi) is 5.11. The fraction of sp³-hybridized carbons (Fsp3) is 0.429. The van der Waals surface area contributed by atoms with Gasteiger partial charge in [-0.25, -0.2) is 0 Å². The van der Waals surface area contributed by atoms with Gasteiger partial charge in [-0.2, -0.15) is 8.42 Å². The van der Waals surface area contributed by atoms with Crippen molar-refractivity contribution in [3.63, 3.8) is 0 Å². The summed E-state index contributed by atoms with van der Waals surface area (Å²) in [4.78, 5) is 25.0. The van der Waals surface area contributed by atoms with Crippen molar-refractivity contribution >= 4 is 21.3 Å². The molecule has 0 saturated carbocycles. The van der Waals surface area contributed by atoms with E-state index >= 15 is 0 Å². The fourth-order valence-electron chi connectivity index (χ4n) is 3.38. The third-order valence-corrected chi connectivity index (χ3v) is 5.38. The molecule has 0 fully saturated rings. The van der Waals surface area contributed by atoms with Crippen molar-refractivity contribution in [2.45, 2.75) is 53.4 Å². The van der Waals surface area contributed by atoms with Crippen molar-refractivity contribution in [3.05, 3.63) is 48.8 Å². The van der Waals surface area contributed by atoms with Crippen LogP contribution in [0, 0.1) is 13.8 Å². The molecule has 0 saturated heterocycles. The minimum atomic E-state index is -3.76. The second-order valence-corrected chi connectivity index (χ2v) is 9.48. The highest BCUT2D eigenvalue weighted by atomic mass is 32.2. The highest BCUT2D eigenvalue weighted by Gasteiger charge is 2.28. The molecule has 0 aromatic heterocycles. The summed E-state index contributed by atoms with van der Waals surface area (Å²) in [6.45, 7) is 10.6. The van der Waals surface area contributed by atoms with Crippen molar-refractivity contribution in [1.29, 1.82) is 0 Å². The zero-order valence-corrected chi connectivity index (χ0v) is 18.3. The molecule has 156 valence electrons. The average Bonchev–Trinajstić information content (AvgIpc) is 2.60. The number of hydrogen-bond donors (Lipinski definition) is 0. The van der Waals surface area contributed by atoms with Crippen LogP contribution >= 0.6 is 0 Å². The van der Waals surface area contributed by atoms with E-state index in [0.29, 0.717) is 16.7 Å². The van der Waals surface area contributed by atoms with Crippen molar-refractivity contribution in [2.75, 3.05) is 6.26 Å². The Balaban J connectivity index is 2.58. The van der Waals surface area contributed by atoms with Crippen LogP contribution < -0.4 is 15.0 Å². The molecule has 7 nitrogen and oxygen atoms in total. The van der Waals surface area contributed by atoms with Crippen molar-refractivity contribution < 1.29 is 21.4 Å². The smallest absolute Gasteiger partial charge is 0.306 e. The summed E-state index contributed by atoms with van der Waals surface area (Å²) in [5.41, 5.74) is 0.951. The molecule has 29 heavy (non-hydrogen) atoms. The van der Waals surface area contributed by atoms with Gasteiger partial charge in [0.05, 0.1) is 11.8 Å². The maximum Gasteiger partial charge on any atom is 0.306 e. The predicted octanol–water partition coefficient (Wildman–Crippen LogP) is 4.05. The van der Waals surface area contributed by atoms with Gasteiger partial charge in [-0.05, 0) is 31.7 Å². The Bertz CT molecular complexity index is 1310. The molecule has 3 rings (SSSR count). The van der Waals surface area contributed by atoms with Crippen LogP contribution in [0.1, 0.15) is 61.8 Å². The molecule has 0 amide bonds. The maximum atomic E-state index is 12.6. The van der Waals surface area contributed by atoms with E-state index in [0.717, 1.165) is 6.26 Å². The van der Waals surface area contributed by atoms with Crippen LogP contribution in [-0.2, 0) is 10.1 Å². The Morgan fingerprint density at radius 1 is 0.862 bits per heavy atom. The molecule has 0 atom stereocenters. The van der Waals surface area contributed by atoms with Crippen LogP contribution in [0.5, 0.6) is 5.75 Å². The van der Waals surface area contributed by atoms with Crippen LogP contribution in [0.3, 0.4) is 0 Å². The van der Waals surface area contributed by atoms with Gasteiger partial charge in [0.25, 0.3) is 0 Å². The van der Waals surface area contributed by atoms with Gasteiger partial charge < -0.3 is 13.0 Å². The Morgan fingerprint density at radius 2 is 1.45 bits per heavy atom. The third kappa shape index (κ3) is 3.57. The maximum absolute atomic E-state index is 12.6.